The molecule has 0 bridgehead atoms. The molecule has 130 valence electrons. The number of H-pyrrole nitrogens is 1. The van der Waals surface area contributed by atoms with E-state index in [2.05, 4.69) is 9.88 Å². The van der Waals surface area contributed by atoms with Crippen LogP contribution in [-0.4, -0.2) is 77.3 Å². The van der Waals surface area contributed by atoms with Gasteiger partial charge in [-0.1, -0.05) is 0 Å². The average molecular weight is 332 g/mol. The molecule has 0 atom stereocenters. The van der Waals surface area contributed by atoms with Gasteiger partial charge in [0, 0.05) is 45.5 Å². The molecule has 0 radical (unpaired) electrons. The van der Waals surface area contributed by atoms with Gasteiger partial charge < -0.3 is 14.8 Å². The van der Waals surface area contributed by atoms with Gasteiger partial charge in [0.1, 0.15) is 5.56 Å². The third kappa shape index (κ3) is 3.84. The van der Waals surface area contributed by atoms with E-state index in [4.69, 9.17) is 0 Å². The summed E-state index contributed by atoms with van der Waals surface area (Å²) < 4.78 is 0. The first-order chi connectivity index (χ1) is 11.6. The maximum atomic E-state index is 12.4. The van der Waals surface area contributed by atoms with Gasteiger partial charge in [-0.15, -0.1) is 0 Å². The molecule has 2 amide bonds. The van der Waals surface area contributed by atoms with E-state index in [1.165, 1.54) is 12.6 Å². The quantitative estimate of drug-likeness (QED) is 0.854. The molecule has 1 aromatic rings. The van der Waals surface area contributed by atoms with Crippen molar-refractivity contribution in [3.63, 3.8) is 0 Å². The number of hydrogen-bond donors (Lipinski definition) is 1. The Kier molecular flexibility index (Phi) is 5.30. The number of hydrogen-bond acceptors (Lipinski definition) is 4. The summed E-state index contributed by atoms with van der Waals surface area (Å²) in [6.45, 7) is 4.57. The van der Waals surface area contributed by atoms with E-state index in [1.54, 1.807) is 17.0 Å². The molecular formula is C17H24N4O3. The number of nitrogens with one attached hydrogen (secondary N) is 1. The lowest BCUT2D eigenvalue weighted by Crippen LogP contribution is -2.52. The maximum absolute atomic E-state index is 12.4. The van der Waals surface area contributed by atoms with Gasteiger partial charge in [-0.25, -0.2) is 0 Å². The zero-order valence-electron chi connectivity index (χ0n) is 13.9. The molecule has 7 heteroatoms. The van der Waals surface area contributed by atoms with Gasteiger partial charge in [0.15, 0.2) is 0 Å². The van der Waals surface area contributed by atoms with E-state index >= 15 is 0 Å². The van der Waals surface area contributed by atoms with Crippen LogP contribution in [0.1, 0.15) is 29.6 Å². The van der Waals surface area contributed by atoms with Crippen LogP contribution in [0.4, 0.5) is 0 Å². The molecule has 1 aromatic heterocycles. The van der Waals surface area contributed by atoms with Crippen molar-refractivity contribution >= 4 is 11.8 Å². The Labute approximate surface area is 141 Å². The number of piperazine rings is 1. The van der Waals surface area contributed by atoms with E-state index in [1.807, 2.05) is 4.90 Å². The molecule has 3 heterocycles. The van der Waals surface area contributed by atoms with Crippen LogP contribution in [0.2, 0.25) is 0 Å². The molecule has 0 unspecified atom stereocenters. The lowest BCUT2D eigenvalue weighted by molar-refractivity contribution is -0.133. The highest BCUT2D eigenvalue weighted by molar-refractivity contribution is 5.93. The van der Waals surface area contributed by atoms with E-state index < -0.39 is 0 Å². The first-order valence-electron chi connectivity index (χ1n) is 8.62. The van der Waals surface area contributed by atoms with E-state index in [0.717, 1.165) is 25.9 Å². The van der Waals surface area contributed by atoms with Crippen LogP contribution in [0.15, 0.2) is 23.1 Å². The Morgan fingerprint density at radius 1 is 0.958 bits per heavy atom. The molecule has 2 fully saturated rings. The largest absolute Gasteiger partial charge is 0.342 e. The number of amides is 2. The number of likely N-dealkylation sites (tertiary alicyclic amines) is 1. The normalized spacial score (nSPS) is 19.3. The Balaban J connectivity index is 1.50. The SMILES string of the molecule is O=C(CN1CCN(C(=O)c2ccc[nH]c2=O)CC1)N1CCCCC1. The van der Waals surface area contributed by atoms with Crippen LogP contribution >= 0.6 is 0 Å². The van der Waals surface area contributed by atoms with Crippen LogP contribution in [0.25, 0.3) is 0 Å². The monoisotopic (exact) mass is 332 g/mol. The first kappa shape index (κ1) is 16.7. The zero-order valence-corrected chi connectivity index (χ0v) is 13.9. The number of aromatic nitrogens is 1. The number of pyridine rings is 1. The van der Waals surface area contributed by atoms with Crippen molar-refractivity contribution in [2.24, 2.45) is 0 Å². The number of carbonyl (C=O) groups is 2. The summed E-state index contributed by atoms with van der Waals surface area (Å²) in [6.07, 6.45) is 4.92. The van der Waals surface area contributed by atoms with E-state index in [0.29, 0.717) is 32.7 Å². The van der Waals surface area contributed by atoms with Crippen molar-refractivity contribution in [2.45, 2.75) is 19.3 Å². The summed E-state index contributed by atoms with van der Waals surface area (Å²) in [5.74, 6) is -0.0483. The minimum absolute atomic E-state index is 0.176. The van der Waals surface area contributed by atoms with Gasteiger partial charge >= 0.3 is 0 Å². The van der Waals surface area contributed by atoms with E-state index in [-0.39, 0.29) is 22.9 Å². The second-order valence-corrected chi connectivity index (χ2v) is 6.42. The Morgan fingerprint density at radius 2 is 1.67 bits per heavy atom. The molecule has 2 aliphatic rings. The van der Waals surface area contributed by atoms with Gasteiger partial charge in [-0.2, -0.15) is 0 Å². The fourth-order valence-electron chi connectivity index (χ4n) is 3.30. The van der Waals surface area contributed by atoms with Crippen molar-refractivity contribution < 1.29 is 9.59 Å². The lowest BCUT2D eigenvalue weighted by atomic mass is 10.1. The highest BCUT2D eigenvalue weighted by atomic mass is 16.2. The highest BCUT2D eigenvalue weighted by Crippen LogP contribution is 2.11. The minimum Gasteiger partial charge on any atom is -0.342 e. The fraction of sp³-hybridized carbons (Fsp3) is 0.588. The van der Waals surface area contributed by atoms with Crippen LogP contribution in [0.3, 0.4) is 0 Å². The van der Waals surface area contributed by atoms with E-state index in [9.17, 15) is 14.4 Å². The number of piperidine rings is 1. The van der Waals surface area contributed by atoms with Crippen molar-refractivity contribution in [1.82, 2.24) is 19.7 Å². The summed E-state index contributed by atoms with van der Waals surface area (Å²) in [6, 6.07) is 3.20. The molecule has 0 aromatic carbocycles. The average Bonchev–Trinajstić information content (AvgIpc) is 2.63. The first-order valence-corrected chi connectivity index (χ1v) is 8.62. The highest BCUT2D eigenvalue weighted by Gasteiger charge is 2.26. The van der Waals surface area contributed by atoms with Crippen molar-refractivity contribution in [3.05, 3.63) is 34.2 Å². The smallest absolute Gasteiger partial charge is 0.260 e. The second-order valence-electron chi connectivity index (χ2n) is 6.42. The molecule has 0 spiro atoms. The van der Waals surface area contributed by atoms with Gasteiger partial charge in [-0.3, -0.25) is 19.3 Å². The molecule has 0 saturated carbocycles. The van der Waals surface area contributed by atoms with Gasteiger partial charge in [-0.05, 0) is 31.4 Å². The summed E-state index contributed by atoms with van der Waals surface area (Å²) in [5, 5.41) is 0. The summed E-state index contributed by atoms with van der Waals surface area (Å²) in [5.41, 5.74) is -0.180. The van der Waals surface area contributed by atoms with Crippen molar-refractivity contribution in [2.75, 3.05) is 45.8 Å². The molecule has 24 heavy (non-hydrogen) atoms. The predicted molar refractivity (Wildman–Crippen MR) is 89.8 cm³/mol. The van der Waals surface area contributed by atoms with Crippen molar-refractivity contribution in [3.8, 4) is 0 Å². The Bertz CT molecular complexity index is 643. The summed E-state index contributed by atoms with van der Waals surface area (Å²) in [7, 11) is 0. The molecule has 0 aliphatic carbocycles. The Hall–Kier alpha value is -2.15. The standard InChI is InChI=1S/C17H24N4O3/c22-15(20-7-2-1-3-8-20)13-19-9-11-21(12-10-19)17(24)14-5-4-6-18-16(14)23/h4-6H,1-3,7-13H2,(H,18,23). The van der Waals surface area contributed by atoms with Crippen LogP contribution in [0, 0.1) is 0 Å². The van der Waals surface area contributed by atoms with Crippen LogP contribution in [-0.2, 0) is 4.79 Å². The lowest BCUT2D eigenvalue weighted by Gasteiger charge is -2.36. The Morgan fingerprint density at radius 3 is 2.33 bits per heavy atom. The number of carbonyl (C=O) groups excluding carboxylic acids is 2. The summed E-state index contributed by atoms with van der Waals surface area (Å²) in [4.78, 5) is 44.7. The molecule has 1 N–H and O–H groups in total. The second kappa shape index (κ2) is 7.61. The van der Waals surface area contributed by atoms with Crippen LogP contribution < -0.4 is 5.56 Å². The number of aromatic amines is 1. The molecule has 2 aliphatic heterocycles. The molecule has 3 rings (SSSR count). The fourth-order valence-corrected chi connectivity index (χ4v) is 3.30. The third-order valence-corrected chi connectivity index (χ3v) is 4.78. The van der Waals surface area contributed by atoms with Crippen LogP contribution in [0.5, 0.6) is 0 Å². The molecular weight excluding hydrogens is 308 g/mol. The third-order valence-electron chi connectivity index (χ3n) is 4.78. The minimum atomic E-state index is -0.356. The number of nitrogens with zero attached hydrogens (tertiary/aromatic N) is 3. The zero-order chi connectivity index (χ0) is 16.9. The molecule has 2 saturated heterocycles. The molecule has 7 nitrogen and oxygen atoms in total. The van der Waals surface area contributed by atoms with Gasteiger partial charge in [0.2, 0.25) is 5.91 Å². The van der Waals surface area contributed by atoms with Gasteiger partial charge in [0.25, 0.3) is 11.5 Å². The summed E-state index contributed by atoms with van der Waals surface area (Å²) >= 11 is 0. The topological polar surface area (TPSA) is 76.7 Å². The van der Waals surface area contributed by atoms with Gasteiger partial charge in [0.05, 0.1) is 6.54 Å². The van der Waals surface area contributed by atoms with Crippen molar-refractivity contribution in [1.29, 1.82) is 0 Å². The predicted octanol–water partition coefficient (Wildman–Crippen LogP) is 0.145. The number of rotatable bonds is 3. The maximum Gasteiger partial charge on any atom is 0.260 e.